The second kappa shape index (κ2) is 3.62. The third-order valence-electron chi connectivity index (χ3n) is 2.60. The Labute approximate surface area is 82.1 Å². The molecule has 2 atom stereocenters. The van der Waals surface area contributed by atoms with E-state index in [1.807, 2.05) is 0 Å². The van der Waals surface area contributed by atoms with Gasteiger partial charge in [-0.05, 0) is 44.0 Å². The number of hydrogen-bond acceptors (Lipinski definition) is 1. The summed E-state index contributed by atoms with van der Waals surface area (Å²) in [5, 5.41) is 10.0. The molecule has 2 rings (SSSR count). The lowest BCUT2D eigenvalue weighted by molar-refractivity contribution is 0.475. The SMILES string of the molecule is CC1CCC[S+]1c1ccc(O)cc1. The van der Waals surface area contributed by atoms with Gasteiger partial charge in [-0.1, -0.05) is 0 Å². The van der Waals surface area contributed by atoms with Crippen molar-refractivity contribution in [1.82, 2.24) is 0 Å². The Kier molecular flexibility index (Phi) is 2.49. The summed E-state index contributed by atoms with van der Waals surface area (Å²) in [6, 6.07) is 7.74. The summed E-state index contributed by atoms with van der Waals surface area (Å²) in [6.45, 7) is 2.34. The molecule has 0 amide bonds. The van der Waals surface area contributed by atoms with E-state index in [2.05, 4.69) is 19.1 Å². The summed E-state index contributed by atoms with van der Waals surface area (Å²) in [4.78, 5) is 1.42. The Hall–Kier alpha value is -0.630. The van der Waals surface area contributed by atoms with E-state index in [9.17, 15) is 0 Å². The summed E-state index contributed by atoms with van der Waals surface area (Å²) in [5.74, 6) is 1.71. The molecule has 1 heterocycles. The first kappa shape index (κ1) is 8.95. The molecule has 2 heteroatoms. The van der Waals surface area contributed by atoms with Crippen LogP contribution in [-0.4, -0.2) is 16.1 Å². The molecule has 2 unspecified atom stereocenters. The first-order valence-electron chi connectivity index (χ1n) is 4.76. The van der Waals surface area contributed by atoms with Gasteiger partial charge in [0, 0.05) is 10.9 Å². The molecule has 1 aromatic rings. The quantitative estimate of drug-likeness (QED) is 0.683. The minimum atomic E-state index is 0.374. The molecule has 1 N–H and O–H groups in total. The fraction of sp³-hybridized carbons (Fsp3) is 0.455. The molecule has 1 nitrogen and oxygen atoms in total. The highest BCUT2D eigenvalue weighted by atomic mass is 32.2. The van der Waals surface area contributed by atoms with Crippen molar-refractivity contribution in [2.45, 2.75) is 29.9 Å². The van der Waals surface area contributed by atoms with Crippen LogP contribution in [-0.2, 0) is 10.9 Å². The summed E-state index contributed by atoms with van der Waals surface area (Å²) < 4.78 is 0. The summed E-state index contributed by atoms with van der Waals surface area (Å²) >= 11 is 0. The second-order valence-electron chi connectivity index (χ2n) is 3.58. The summed E-state index contributed by atoms with van der Waals surface area (Å²) in [6.07, 6.45) is 2.73. The van der Waals surface area contributed by atoms with Crippen LogP contribution in [0, 0.1) is 0 Å². The average molecular weight is 195 g/mol. The Morgan fingerprint density at radius 1 is 1.31 bits per heavy atom. The van der Waals surface area contributed by atoms with Gasteiger partial charge in [-0.15, -0.1) is 0 Å². The number of benzene rings is 1. The van der Waals surface area contributed by atoms with E-state index in [4.69, 9.17) is 5.11 Å². The van der Waals surface area contributed by atoms with E-state index < -0.39 is 0 Å². The molecule has 0 bridgehead atoms. The maximum absolute atomic E-state index is 9.17. The van der Waals surface area contributed by atoms with E-state index in [-0.39, 0.29) is 0 Å². The standard InChI is InChI=1S/C11H14OS/c1-9-3-2-8-13(9)11-6-4-10(12)5-7-11/h4-7,9H,2-3,8H2,1H3/p+1. The Morgan fingerprint density at radius 3 is 2.54 bits per heavy atom. The van der Waals surface area contributed by atoms with E-state index >= 15 is 0 Å². The lowest BCUT2D eigenvalue weighted by Gasteiger charge is -2.05. The molecule has 70 valence electrons. The van der Waals surface area contributed by atoms with Crippen LogP contribution in [0.5, 0.6) is 5.75 Å². The van der Waals surface area contributed by atoms with Crippen LogP contribution >= 0.6 is 0 Å². The Morgan fingerprint density at radius 2 is 2.00 bits per heavy atom. The maximum atomic E-state index is 9.17. The summed E-state index contributed by atoms with van der Waals surface area (Å²) in [7, 11) is 0.445. The van der Waals surface area contributed by atoms with Crippen LogP contribution in [0.1, 0.15) is 19.8 Å². The zero-order valence-corrected chi connectivity index (χ0v) is 8.68. The van der Waals surface area contributed by atoms with Crippen LogP contribution < -0.4 is 0 Å². The van der Waals surface area contributed by atoms with Gasteiger partial charge in [-0.25, -0.2) is 0 Å². The van der Waals surface area contributed by atoms with Gasteiger partial charge in [0.05, 0.1) is 0 Å². The van der Waals surface area contributed by atoms with Crippen LogP contribution in [0.25, 0.3) is 0 Å². The Bertz CT molecular complexity index is 281. The monoisotopic (exact) mass is 195 g/mol. The van der Waals surface area contributed by atoms with E-state index in [0.29, 0.717) is 16.6 Å². The first-order chi connectivity index (χ1) is 6.27. The van der Waals surface area contributed by atoms with E-state index in [1.165, 1.54) is 23.5 Å². The Balaban J connectivity index is 2.20. The smallest absolute Gasteiger partial charge is 0.155 e. The average Bonchev–Trinajstić information content (AvgIpc) is 2.53. The molecule has 1 aromatic carbocycles. The van der Waals surface area contributed by atoms with Gasteiger partial charge in [0.1, 0.15) is 16.8 Å². The zero-order valence-electron chi connectivity index (χ0n) is 7.86. The third-order valence-corrected chi connectivity index (χ3v) is 5.41. The molecule has 1 saturated heterocycles. The summed E-state index contributed by atoms with van der Waals surface area (Å²) in [5.41, 5.74) is 0. The number of aromatic hydroxyl groups is 1. The molecule has 0 aliphatic carbocycles. The third kappa shape index (κ3) is 1.83. The van der Waals surface area contributed by atoms with Gasteiger partial charge in [0.25, 0.3) is 0 Å². The van der Waals surface area contributed by atoms with Gasteiger partial charge in [-0.2, -0.15) is 0 Å². The molecule has 1 aliphatic heterocycles. The molecular formula is C11H15OS+. The highest BCUT2D eigenvalue weighted by molar-refractivity contribution is 7.97. The highest BCUT2D eigenvalue weighted by Gasteiger charge is 2.34. The van der Waals surface area contributed by atoms with E-state index in [1.54, 1.807) is 12.1 Å². The van der Waals surface area contributed by atoms with Gasteiger partial charge in [0.2, 0.25) is 0 Å². The van der Waals surface area contributed by atoms with Crippen LogP contribution in [0.4, 0.5) is 0 Å². The molecule has 0 saturated carbocycles. The van der Waals surface area contributed by atoms with Crippen molar-refractivity contribution in [3.05, 3.63) is 24.3 Å². The topological polar surface area (TPSA) is 20.2 Å². The molecular weight excluding hydrogens is 180 g/mol. The molecule has 0 radical (unpaired) electrons. The lowest BCUT2D eigenvalue weighted by atomic mass is 10.3. The van der Waals surface area contributed by atoms with Crippen molar-refractivity contribution < 1.29 is 5.11 Å². The molecule has 0 aromatic heterocycles. The fourth-order valence-electron chi connectivity index (χ4n) is 1.84. The van der Waals surface area contributed by atoms with Crippen molar-refractivity contribution in [3.63, 3.8) is 0 Å². The number of phenols is 1. The minimum Gasteiger partial charge on any atom is -0.508 e. The van der Waals surface area contributed by atoms with Crippen molar-refractivity contribution >= 4 is 10.9 Å². The zero-order chi connectivity index (χ0) is 9.26. The molecule has 1 aliphatic rings. The molecule has 1 fully saturated rings. The van der Waals surface area contributed by atoms with Gasteiger partial charge in [0.15, 0.2) is 4.90 Å². The van der Waals surface area contributed by atoms with E-state index in [0.717, 1.165) is 5.25 Å². The van der Waals surface area contributed by atoms with Gasteiger partial charge < -0.3 is 5.11 Å². The highest BCUT2D eigenvalue weighted by Crippen LogP contribution is 2.29. The van der Waals surface area contributed by atoms with Crippen LogP contribution in [0.15, 0.2) is 29.2 Å². The second-order valence-corrected chi connectivity index (χ2v) is 6.12. The number of rotatable bonds is 1. The number of phenolic OH excluding ortho intramolecular Hbond substituents is 1. The first-order valence-corrected chi connectivity index (χ1v) is 6.22. The van der Waals surface area contributed by atoms with Gasteiger partial charge in [-0.3, -0.25) is 0 Å². The van der Waals surface area contributed by atoms with Crippen LogP contribution in [0.3, 0.4) is 0 Å². The normalized spacial score (nSPS) is 27.8. The maximum Gasteiger partial charge on any atom is 0.155 e. The fourth-order valence-corrected chi connectivity index (χ4v) is 4.36. The molecule has 13 heavy (non-hydrogen) atoms. The van der Waals surface area contributed by atoms with Crippen molar-refractivity contribution in [1.29, 1.82) is 0 Å². The largest absolute Gasteiger partial charge is 0.508 e. The lowest BCUT2D eigenvalue weighted by Crippen LogP contribution is -2.12. The predicted molar refractivity (Wildman–Crippen MR) is 57.3 cm³/mol. The van der Waals surface area contributed by atoms with Crippen molar-refractivity contribution in [2.24, 2.45) is 0 Å². The van der Waals surface area contributed by atoms with Gasteiger partial charge >= 0.3 is 0 Å². The minimum absolute atomic E-state index is 0.374. The van der Waals surface area contributed by atoms with Crippen molar-refractivity contribution in [3.8, 4) is 5.75 Å². The van der Waals surface area contributed by atoms with Crippen molar-refractivity contribution in [2.75, 3.05) is 5.75 Å². The van der Waals surface area contributed by atoms with Crippen LogP contribution in [0.2, 0.25) is 0 Å². The number of hydrogen-bond donors (Lipinski definition) is 1. The predicted octanol–water partition coefficient (Wildman–Crippen LogP) is 2.55. The molecule has 0 spiro atoms.